The van der Waals surface area contributed by atoms with E-state index < -0.39 is 0 Å². The van der Waals surface area contributed by atoms with Gasteiger partial charge in [0.25, 0.3) is 0 Å². The molecule has 0 saturated carbocycles. The summed E-state index contributed by atoms with van der Waals surface area (Å²) in [6.45, 7) is 1.93. The van der Waals surface area contributed by atoms with Crippen molar-refractivity contribution >= 4 is 46.7 Å². The molecule has 1 aliphatic rings. The van der Waals surface area contributed by atoms with Crippen molar-refractivity contribution in [1.29, 1.82) is 0 Å². The van der Waals surface area contributed by atoms with Crippen LogP contribution in [0.1, 0.15) is 5.56 Å². The lowest BCUT2D eigenvalue weighted by atomic mass is 10.2. The van der Waals surface area contributed by atoms with E-state index in [4.69, 9.17) is 23.2 Å². The van der Waals surface area contributed by atoms with E-state index in [0.717, 1.165) is 22.0 Å². The average Bonchev–Trinajstić information content (AvgIpc) is 2.48. The summed E-state index contributed by atoms with van der Waals surface area (Å²) in [6.07, 6.45) is 0. The second-order valence-corrected chi connectivity index (χ2v) is 3.94. The molecule has 0 radical (unpaired) electrons. The lowest BCUT2D eigenvalue weighted by Gasteiger charge is -2.05. The molecule has 12 heavy (non-hydrogen) atoms. The van der Waals surface area contributed by atoms with Gasteiger partial charge in [-0.3, -0.25) is 0 Å². The van der Waals surface area contributed by atoms with E-state index in [2.05, 4.69) is 9.44 Å². The van der Waals surface area contributed by atoms with E-state index in [0.29, 0.717) is 5.02 Å². The molecule has 0 aliphatic carbocycles. The average molecular weight is 221 g/mol. The van der Waals surface area contributed by atoms with Crippen LogP contribution < -0.4 is 9.44 Å². The molecule has 0 fully saturated rings. The number of hydrogen-bond acceptors (Lipinski definition) is 3. The minimum absolute atomic E-state index is 0.699. The molecule has 1 aromatic carbocycles. The Morgan fingerprint density at radius 3 is 2.67 bits per heavy atom. The van der Waals surface area contributed by atoms with E-state index in [1.165, 1.54) is 12.1 Å². The molecule has 5 heteroatoms. The highest BCUT2D eigenvalue weighted by atomic mass is 35.5. The molecule has 64 valence electrons. The summed E-state index contributed by atoms with van der Waals surface area (Å²) in [6, 6.07) is 1.85. The summed E-state index contributed by atoms with van der Waals surface area (Å²) in [7, 11) is 0. The molecule has 0 unspecified atom stereocenters. The number of anilines is 2. The SMILES string of the molecule is Cc1cc(Cl)c2c(c1Cl)NSN2. The van der Waals surface area contributed by atoms with Crippen LogP contribution in [0.3, 0.4) is 0 Å². The first kappa shape index (κ1) is 8.35. The van der Waals surface area contributed by atoms with Crippen LogP contribution in [-0.2, 0) is 0 Å². The fourth-order valence-corrected chi connectivity index (χ4v) is 2.36. The Kier molecular flexibility index (Phi) is 2.02. The van der Waals surface area contributed by atoms with Gasteiger partial charge in [0.1, 0.15) is 0 Å². The predicted octanol–water partition coefficient (Wildman–Crippen LogP) is 3.70. The highest BCUT2D eigenvalue weighted by molar-refractivity contribution is 8.02. The lowest BCUT2D eigenvalue weighted by Crippen LogP contribution is -1.84. The second kappa shape index (κ2) is 2.91. The summed E-state index contributed by atoms with van der Waals surface area (Å²) < 4.78 is 6.06. The van der Waals surface area contributed by atoms with E-state index >= 15 is 0 Å². The maximum absolute atomic E-state index is 6.04. The molecular weight excluding hydrogens is 215 g/mol. The Hall–Kier alpha value is -0.250. The highest BCUT2D eigenvalue weighted by Gasteiger charge is 2.18. The molecule has 0 amide bonds. The van der Waals surface area contributed by atoms with Crippen LogP contribution in [0.25, 0.3) is 0 Å². The van der Waals surface area contributed by atoms with Gasteiger partial charge in [0.05, 0.1) is 33.6 Å². The molecule has 0 bridgehead atoms. The van der Waals surface area contributed by atoms with Crippen molar-refractivity contribution in [3.8, 4) is 0 Å². The zero-order chi connectivity index (χ0) is 8.72. The van der Waals surface area contributed by atoms with Gasteiger partial charge in [-0.15, -0.1) is 0 Å². The van der Waals surface area contributed by atoms with E-state index in [9.17, 15) is 0 Å². The number of fused-ring (bicyclic) bond motifs is 1. The van der Waals surface area contributed by atoms with Gasteiger partial charge < -0.3 is 9.44 Å². The van der Waals surface area contributed by atoms with Crippen LogP contribution in [0, 0.1) is 6.92 Å². The number of aryl methyl sites for hydroxylation is 1. The Labute approximate surface area is 84.9 Å². The minimum Gasteiger partial charge on any atom is -0.309 e. The first-order valence-corrected chi connectivity index (χ1v) is 4.94. The molecule has 2 N–H and O–H groups in total. The lowest BCUT2D eigenvalue weighted by molar-refractivity contribution is 1.48. The second-order valence-electron chi connectivity index (χ2n) is 2.55. The van der Waals surface area contributed by atoms with Gasteiger partial charge in [-0.1, -0.05) is 23.2 Å². The van der Waals surface area contributed by atoms with Crippen molar-refractivity contribution in [3.05, 3.63) is 21.7 Å². The molecule has 1 heterocycles. The van der Waals surface area contributed by atoms with Gasteiger partial charge in [-0.25, -0.2) is 0 Å². The minimum atomic E-state index is 0.699. The number of hydrogen-bond donors (Lipinski definition) is 2. The van der Waals surface area contributed by atoms with Crippen LogP contribution in [0.5, 0.6) is 0 Å². The van der Waals surface area contributed by atoms with Crippen molar-refractivity contribution in [1.82, 2.24) is 0 Å². The molecular formula is C7H6Cl2N2S. The van der Waals surface area contributed by atoms with Crippen LogP contribution in [0.2, 0.25) is 10.0 Å². The quantitative estimate of drug-likeness (QED) is 0.653. The van der Waals surface area contributed by atoms with E-state index in [1.807, 2.05) is 13.0 Å². The van der Waals surface area contributed by atoms with Crippen molar-refractivity contribution < 1.29 is 0 Å². The smallest absolute Gasteiger partial charge is 0.0904 e. The molecule has 0 aromatic heterocycles. The summed E-state index contributed by atoms with van der Waals surface area (Å²) in [4.78, 5) is 0. The number of nitrogens with one attached hydrogen (secondary N) is 2. The standard InChI is InChI=1S/C7H6Cl2N2S/c1-3-2-4(8)6-7(5(3)9)11-12-10-6/h2,10-11H,1H3. The molecule has 0 atom stereocenters. The van der Waals surface area contributed by atoms with Crippen molar-refractivity contribution in [2.45, 2.75) is 6.92 Å². The largest absolute Gasteiger partial charge is 0.309 e. The van der Waals surface area contributed by atoms with Crippen molar-refractivity contribution in [2.24, 2.45) is 0 Å². The monoisotopic (exact) mass is 220 g/mol. The third-order valence-corrected chi connectivity index (χ3v) is 3.10. The van der Waals surface area contributed by atoms with E-state index in [-0.39, 0.29) is 0 Å². The fourth-order valence-electron chi connectivity index (χ4n) is 1.08. The zero-order valence-electron chi connectivity index (χ0n) is 6.24. The van der Waals surface area contributed by atoms with Gasteiger partial charge in [0.2, 0.25) is 0 Å². The molecule has 2 rings (SSSR count). The topological polar surface area (TPSA) is 24.1 Å². The third kappa shape index (κ3) is 1.13. The Morgan fingerprint density at radius 1 is 1.25 bits per heavy atom. The molecule has 0 spiro atoms. The first-order chi connectivity index (χ1) is 5.70. The summed E-state index contributed by atoms with van der Waals surface area (Å²) >= 11 is 13.4. The molecule has 1 aromatic rings. The van der Waals surface area contributed by atoms with Crippen LogP contribution >= 0.6 is 35.3 Å². The maximum atomic E-state index is 6.04. The first-order valence-electron chi connectivity index (χ1n) is 3.36. The van der Waals surface area contributed by atoms with E-state index in [1.54, 1.807) is 0 Å². The highest BCUT2D eigenvalue weighted by Crippen LogP contribution is 2.44. The summed E-state index contributed by atoms with van der Waals surface area (Å²) in [5, 5.41) is 1.43. The van der Waals surface area contributed by atoms with Gasteiger partial charge >= 0.3 is 0 Å². The van der Waals surface area contributed by atoms with Gasteiger partial charge in [0, 0.05) is 0 Å². The fraction of sp³-hybridized carbons (Fsp3) is 0.143. The Balaban J connectivity index is 2.69. The van der Waals surface area contributed by atoms with Gasteiger partial charge in [-0.2, -0.15) is 0 Å². The molecule has 2 nitrogen and oxygen atoms in total. The maximum Gasteiger partial charge on any atom is 0.0904 e. The number of benzene rings is 1. The van der Waals surface area contributed by atoms with Crippen LogP contribution in [0.4, 0.5) is 11.4 Å². The molecule has 1 aliphatic heterocycles. The van der Waals surface area contributed by atoms with Crippen molar-refractivity contribution in [2.75, 3.05) is 9.44 Å². The number of rotatable bonds is 0. The normalized spacial score (nSPS) is 13.6. The van der Waals surface area contributed by atoms with Crippen LogP contribution in [0.15, 0.2) is 6.07 Å². The summed E-state index contributed by atoms with van der Waals surface area (Å²) in [5.41, 5.74) is 2.74. The molecule has 0 saturated heterocycles. The summed E-state index contributed by atoms with van der Waals surface area (Å²) in [5.74, 6) is 0. The van der Waals surface area contributed by atoms with Gasteiger partial charge in [-0.05, 0) is 18.6 Å². The Morgan fingerprint density at radius 2 is 1.92 bits per heavy atom. The van der Waals surface area contributed by atoms with Crippen LogP contribution in [-0.4, -0.2) is 0 Å². The van der Waals surface area contributed by atoms with Crippen molar-refractivity contribution in [3.63, 3.8) is 0 Å². The van der Waals surface area contributed by atoms with Gasteiger partial charge in [0.15, 0.2) is 0 Å². The predicted molar refractivity (Wildman–Crippen MR) is 56.0 cm³/mol. The number of halogens is 2. The third-order valence-electron chi connectivity index (χ3n) is 1.70. The zero-order valence-corrected chi connectivity index (χ0v) is 8.57. The Bertz CT molecular complexity index is 341.